The average molecular weight is 311 g/mol. The minimum Gasteiger partial charge on any atom is -0.499 e. The second-order valence-corrected chi connectivity index (χ2v) is 6.79. The zero-order valence-corrected chi connectivity index (χ0v) is 14.5. The Kier molecular flexibility index (Phi) is 7.20. The third-order valence-corrected chi connectivity index (χ3v) is 4.89. The Balaban J connectivity index is 1.74. The highest BCUT2D eigenvalue weighted by Crippen LogP contribution is 2.37. The molecule has 1 aromatic rings. The monoisotopic (exact) mass is 311 g/mol. The summed E-state index contributed by atoms with van der Waals surface area (Å²) in [6.45, 7) is 4.36. The van der Waals surface area contributed by atoms with Crippen molar-refractivity contribution in [2.75, 3.05) is 0 Å². The van der Waals surface area contributed by atoms with Crippen molar-refractivity contribution in [1.82, 2.24) is 0 Å². The Morgan fingerprint density at radius 1 is 1.22 bits per heavy atom. The smallest absolute Gasteiger partial charge is 0.0991 e. The Morgan fingerprint density at radius 3 is 2.52 bits per heavy atom. The summed E-state index contributed by atoms with van der Waals surface area (Å²) in [5, 5.41) is 8.88. The van der Waals surface area contributed by atoms with Crippen LogP contribution in [-0.2, 0) is 4.74 Å². The predicted molar refractivity (Wildman–Crippen MR) is 95.1 cm³/mol. The Morgan fingerprint density at radius 2 is 1.91 bits per heavy atom. The quantitative estimate of drug-likeness (QED) is 0.584. The molecule has 2 heteroatoms. The molecule has 1 aliphatic rings. The van der Waals surface area contributed by atoms with Gasteiger partial charge in [0.2, 0.25) is 0 Å². The molecule has 1 aromatic carbocycles. The van der Waals surface area contributed by atoms with Gasteiger partial charge in [-0.3, -0.25) is 0 Å². The molecule has 2 nitrogen and oxygen atoms in total. The molecule has 0 spiro atoms. The lowest BCUT2D eigenvalue weighted by Gasteiger charge is -2.30. The van der Waals surface area contributed by atoms with E-state index in [2.05, 4.69) is 38.1 Å². The van der Waals surface area contributed by atoms with Crippen LogP contribution in [0, 0.1) is 17.2 Å². The lowest BCUT2D eigenvalue weighted by molar-refractivity contribution is 0.120. The van der Waals surface area contributed by atoms with Crippen LogP contribution in [0.5, 0.6) is 0 Å². The van der Waals surface area contributed by atoms with Crippen molar-refractivity contribution in [3.8, 4) is 6.07 Å². The maximum atomic E-state index is 8.88. The number of hydrogen-bond donors (Lipinski definition) is 0. The zero-order valence-electron chi connectivity index (χ0n) is 14.5. The third kappa shape index (κ3) is 5.75. The summed E-state index contributed by atoms with van der Waals surface area (Å²) in [5.74, 6) is 1.46. The van der Waals surface area contributed by atoms with E-state index < -0.39 is 0 Å². The van der Waals surface area contributed by atoms with Gasteiger partial charge in [0.05, 0.1) is 24.0 Å². The second-order valence-electron chi connectivity index (χ2n) is 6.79. The summed E-state index contributed by atoms with van der Waals surface area (Å²) in [4.78, 5) is 0. The summed E-state index contributed by atoms with van der Waals surface area (Å²) in [7, 11) is 0. The minimum atomic E-state index is 0.319. The van der Waals surface area contributed by atoms with Gasteiger partial charge in [-0.1, -0.05) is 25.5 Å². The van der Waals surface area contributed by atoms with Crippen molar-refractivity contribution in [1.29, 1.82) is 5.26 Å². The number of nitriles is 1. The summed E-state index contributed by atoms with van der Waals surface area (Å²) in [5.41, 5.74) is 2.15. The van der Waals surface area contributed by atoms with Crippen molar-refractivity contribution in [3.63, 3.8) is 0 Å². The van der Waals surface area contributed by atoms with Gasteiger partial charge < -0.3 is 4.74 Å². The van der Waals surface area contributed by atoms with Crippen molar-refractivity contribution >= 4 is 0 Å². The van der Waals surface area contributed by atoms with Crippen molar-refractivity contribution in [2.45, 2.75) is 70.8 Å². The summed E-state index contributed by atoms with van der Waals surface area (Å²) >= 11 is 0. The molecule has 0 heterocycles. The fourth-order valence-corrected chi connectivity index (χ4v) is 3.51. The zero-order chi connectivity index (χ0) is 16.5. The van der Waals surface area contributed by atoms with E-state index >= 15 is 0 Å². The van der Waals surface area contributed by atoms with Gasteiger partial charge >= 0.3 is 0 Å². The first-order valence-electron chi connectivity index (χ1n) is 9.03. The number of ether oxygens (including phenoxy) is 1. The van der Waals surface area contributed by atoms with E-state index in [-0.39, 0.29) is 0 Å². The first kappa shape index (κ1) is 17.6. The molecule has 0 bridgehead atoms. The molecule has 2 rings (SSSR count). The van der Waals surface area contributed by atoms with E-state index in [1.54, 1.807) is 0 Å². The van der Waals surface area contributed by atoms with E-state index in [0.717, 1.165) is 24.3 Å². The van der Waals surface area contributed by atoms with Gasteiger partial charge in [0, 0.05) is 0 Å². The number of rotatable bonds is 7. The van der Waals surface area contributed by atoms with E-state index in [0.29, 0.717) is 12.0 Å². The molecule has 1 unspecified atom stereocenters. The highest BCUT2D eigenvalue weighted by atomic mass is 16.5. The molecule has 1 aliphatic carbocycles. The number of nitrogens with zero attached hydrogens (tertiary/aromatic N) is 1. The molecule has 23 heavy (non-hydrogen) atoms. The Labute approximate surface area is 141 Å². The van der Waals surface area contributed by atoms with Crippen LogP contribution in [-0.4, -0.2) is 6.10 Å². The molecule has 1 saturated carbocycles. The van der Waals surface area contributed by atoms with Crippen LogP contribution in [0.4, 0.5) is 0 Å². The highest BCUT2D eigenvalue weighted by Gasteiger charge is 2.23. The first-order valence-corrected chi connectivity index (χ1v) is 9.03. The molecule has 0 radical (unpaired) electrons. The molecule has 0 saturated heterocycles. The third-order valence-electron chi connectivity index (χ3n) is 4.89. The summed E-state index contributed by atoms with van der Waals surface area (Å²) < 4.78 is 5.77. The van der Waals surface area contributed by atoms with Crippen LogP contribution in [0.3, 0.4) is 0 Å². The van der Waals surface area contributed by atoms with Crippen molar-refractivity contribution < 1.29 is 4.74 Å². The SMILES string of the molecule is CCC/C=C/OC(C)CC1CCC(c2ccc(C#N)cc2)CC1. The molecular formula is C21H29NO. The first-order chi connectivity index (χ1) is 11.2. The van der Waals surface area contributed by atoms with Gasteiger partial charge in [0.15, 0.2) is 0 Å². The lowest BCUT2D eigenvalue weighted by Crippen LogP contribution is -2.18. The number of benzene rings is 1. The predicted octanol–water partition coefficient (Wildman–Crippen LogP) is 5.94. The minimum absolute atomic E-state index is 0.319. The standard InChI is InChI=1S/C21H29NO/c1-3-4-5-14-23-17(2)15-18-6-10-20(11-7-18)21-12-8-19(16-22)9-13-21/h5,8-9,12-14,17-18,20H,3-4,6-7,10-11,15H2,1-2H3/b14-5+. The molecule has 0 aliphatic heterocycles. The molecule has 1 fully saturated rings. The fourth-order valence-electron chi connectivity index (χ4n) is 3.51. The van der Waals surface area contributed by atoms with Gasteiger partial charge in [-0.25, -0.2) is 0 Å². The fraction of sp³-hybridized carbons (Fsp3) is 0.571. The van der Waals surface area contributed by atoms with Crippen LogP contribution >= 0.6 is 0 Å². The normalized spacial score (nSPS) is 22.7. The lowest BCUT2D eigenvalue weighted by atomic mass is 9.77. The largest absolute Gasteiger partial charge is 0.499 e. The summed E-state index contributed by atoms with van der Waals surface area (Å²) in [6.07, 6.45) is 12.9. The van der Waals surface area contributed by atoms with Gasteiger partial charge in [-0.05, 0) is 81.1 Å². The molecule has 1 atom stereocenters. The van der Waals surface area contributed by atoms with Crippen LogP contribution in [0.1, 0.15) is 75.8 Å². The topological polar surface area (TPSA) is 33.0 Å². The van der Waals surface area contributed by atoms with Crippen LogP contribution in [0.15, 0.2) is 36.6 Å². The average Bonchev–Trinajstić information content (AvgIpc) is 2.59. The molecular weight excluding hydrogens is 282 g/mol. The van der Waals surface area contributed by atoms with Crippen molar-refractivity contribution in [2.24, 2.45) is 5.92 Å². The maximum Gasteiger partial charge on any atom is 0.0991 e. The Hall–Kier alpha value is -1.75. The van der Waals surface area contributed by atoms with E-state index in [9.17, 15) is 0 Å². The molecule has 0 aromatic heterocycles. The van der Waals surface area contributed by atoms with Gasteiger partial charge in [-0.2, -0.15) is 5.26 Å². The van der Waals surface area contributed by atoms with Gasteiger partial charge in [0.25, 0.3) is 0 Å². The maximum absolute atomic E-state index is 8.88. The number of allylic oxidation sites excluding steroid dienone is 1. The molecule has 124 valence electrons. The van der Waals surface area contributed by atoms with E-state index in [4.69, 9.17) is 10.00 Å². The van der Waals surface area contributed by atoms with E-state index in [1.807, 2.05) is 18.4 Å². The Bertz CT molecular complexity index is 518. The van der Waals surface area contributed by atoms with E-state index in [1.165, 1.54) is 37.7 Å². The highest BCUT2D eigenvalue weighted by molar-refractivity contribution is 5.33. The van der Waals surface area contributed by atoms with Crippen LogP contribution in [0.25, 0.3) is 0 Å². The van der Waals surface area contributed by atoms with Crippen molar-refractivity contribution in [3.05, 3.63) is 47.7 Å². The van der Waals surface area contributed by atoms with Crippen LogP contribution < -0.4 is 0 Å². The number of hydrogen-bond acceptors (Lipinski definition) is 2. The number of unbranched alkanes of at least 4 members (excludes halogenated alkanes) is 1. The van der Waals surface area contributed by atoms with Gasteiger partial charge in [-0.15, -0.1) is 0 Å². The van der Waals surface area contributed by atoms with Gasteiger partial charge in [0.1, 0.15) is 0 Å². The molecule has 0 amide bonds. The molecule has 0 N–H and O–H groups in total. The van der Waals surface area contributed by atoms with Crippen LogP contribution in [0.2, 0.25) is 0 Å². The second kappa shape index (κ2) is 9.40. The summed E-state index contributed by atoms with van der Waals surface area (Å²) in [6, 6.07) is 10.3.